The molecule has 2 N–H and O–H groups in total. The van der Waals surface area contributed by atoms with Gasteiger partial charge in [0.2, 0.25) is 5.91 Å². The maximum Gasteiger partial charge on any atom is 0.270 e. The number of amides is 2. The van der Waals surface area contributed by atoms with Gasteiger partial charge in [0.25, 0.3) is 11.6 Å². The van der Waals surface area contributed by atoms with E-state index in [1.165, 1.54) is 37.8 Å². The lowest BCUT2D eigenvalue weighted by Crippen LogP contribution is -2.38. The highest BCUT2D eigenvalue weighted by Gasteiger charge is 2.23. The molecule has 0 aromatic heterocycles. The normalized spacial score (nSPS) is 16.9. The van der Waals surface area contributed by atoms with Gasteiger partial charge >= 0.3 is 0 Å². The van der Waals surface area contributed by atoms with Crippen molar-refractivity contribution in [1.82, 2.24) is 15.5 Å². The molecule has 2 amide bonds. The van der Waals surface area contributed by atoms with E-state index in [9.17, 15) is 19.7 Å². The number of nitrogens with zero attached hydrogens (tertiary/aromatic N) is 2. The first-order valence-corrected chi connectivity index (χ1v) is 14.1. The molecule has 2 aromatic carbocycles. The van der Waals surface area contributed by atoms with Crippen molar-refractivity contribution < 1.29 is 14.5 Å². The van der Waals surface area contributed by atoms with Crippen LogP contribution in [0.25, 0.3) is 0 Å². The van der Waals surface area contributed by atoms with E-state index in [0.717, 1.165) is 45.3 Å². The SMILES string of the molecule is CC(C(=O)NC1CCCCC1)c1ccc([N+](=O)[O-])cc1C#Cc1ccc(C(=O)NCCN2CCCCC2)cc1. The highest BCUT2D eigenvalue weighted by molar-refractivity contribution is 5.94. The van der Waals surface area contributed by atoms with Crippen LogP contribution in [0.15, 0.2) is 42.5 Å². The third-order valence-electron chi connectivity index (χ3n) is 7.71. The summed E-state index contributed by atoms with van der Waals surface area (Å²) in [6, 6.07) is 11.7. The Kier molecular flexibility index (Phi) is 10.1. The Hall–Kier alpha value is -3.70. The van der Waals surface area contributed by atoms with E-state index in [4.69, 9.17) is 0 Å². The Morgan fingerprint density at radius 2 is 1.69 bits per heavy atom. The topological polar surface area (TPSA) is 105 Å². The molecule has 1 saturated heterocycles. The Labute approximate surface area is 230 Å². The molecule has 0 bridgehead atoms. The summed E-state index contributed by atoms with van der Waals surface area (Å²) >= 11 is 0. The van der Waals surface area contributed by atoms with Gasteiger partial charge < -0.3 is 15.5 Å². The monoisotopic (exact) mass is 530 g/mol. The largest absolute Gasteiger partial charge is 0.353 e. The second-order valence-corrected chi connectivity index (χ2v) is 10.6. The van der Waals surface area contributed by atoms with Crippen LogP contribution < -0.4 is 10.6 Å². The maximum absolute atomic E-state index is 13.0. The number of hydrogen-bond donors (Lipinski definition) is 2. The first-order valence-electron chi connectivity index (χ1n) is 14.1. The summed E-state index contributed by atoms with van der Waals surface area (Å²) in [6.07, 6.45) is 9.14. The summed E-state index contributed by atoms with van der Waals surface area (Å²) in [6.45, 7) is 5.47. The minimum absolute atomic E-state index is 0.0699. The van der Waals surface area contributed by atoms with Gasteiger partial charge in [0.05, 0.1) is 10.8 Å². The minimum atomic E-state index is -0.493. The van der Waals surface area contributed by atoms with Crippen LogP contribution in [-0.4, -0.2) is 53.9 Å². The Balaban J connectivity index is 1.42. The molecule has 0 spiro atoms. The van der Waals surface area contributed by atoms with Gasteiger partial charge in [-0.2, -0.15) is 0 Å². The molecule has 8 nitrogen and oxygen atoms in total. The highest BCUT2D eigenvalue weighted by Crippen LogP contribution is 2.26. The van der Waals surface area contributed by atoms with E-state index >= 15 is 0 Å². The van der Waals surface area contributed by atoms with Gasteiger partial charge in [0, 0.05) is 48.0 Å². The number of non-ortho nitro benzene ring substituents is 1. The molecule has 1 unspecified atom stereocenters. The van der Waals surface area contributed by atoms with Crippen molar-refractivity contribution in [2.45, 2.75) is 70.3 Å². The lowest BCUT2D eigenvalue weighted by atomic mass is 9.92. The summed E-state index contributed by atoms with van der Waals surface area (Å²) in [7, 11) is 0. The number of nitro benzene ring substituents is 1. The molecule has 4 rings (SSSR count). The van der Waals surface area contributed by atoms with Crippen molar-refractivity contribution in [2.24, 2.45) is 0 Å². The average Bonchev–Trinajstić information content (AvgIpc) is 2.96. The fraction of sp³-hybridized carbons (Fsp3) is 0.484. The second kappa shape index (κ2) is 13.9. The summed E-state index contributed by atoms with van der Waals surface area (Å²) in [5, 5.41) is 17.5. The Morgan fingerprint density at radius 3 is 2.38 bits per heavy atom. The van der Waals surface area contributed by atoms with Crippen LogP contribution in [0.2, 0.25) is 0 Å². The van der Waals surface area contributed by atoms with Crippen LogP contribution in [0.1, 0.15) is 91.3 Å². The number of carbonyl (C=O) groups excluding carboxylic acids is 2. The van der Waals surface area contributed by atoms with Gasteiger partial charge in [-0.15, -0.1) is 0 Å². The van der Waals surface area contributed by atoms with Crippen molar-refractivity contribution in [1.29, 1.82) is 0 Å². The Bertz CT molecular complexity index is 1220. The zero-order valence-corrected chi connectivity index (χ0v) is 22.7. The lowest BCUT2D eigenvalue weighted by molar-refractivity contribution is -0.384. The Morgan fingerprint density at radius 1 is 1.00 bits per heavy atom. The van der Waals surface area contributed by atoms with Crippen LogP contribution in [0.4, 0.5) is 5.69 Å². The number of nitrogens with one attached hydrogen (secondary N) is 2. The molecule has 0 radical (unpaired) electrons. The highest BCUT2D eigenvalue weighted by atomic mass is 16.6. The molecule has 2 aliphatic rings. The minimum Gasteiger partial charge on any atom is -0.353 e. The van der Waals surface area contributed by atoms with E-state index < -0.39 is 10.8 Å². The molecule has 1 aliphatic heterocycles. The molecule has 1 atom stereocenters. The predicted octanol–water partition coefficient (Wildman–Crippen LogP) is 4.76. The van der Waals surface area contributed by atoms with Crippen LogP contribution >= 0.6 is 0 Å². The van der Waals surface area contributed by atoms with Gasteiger partial charge in [-0.05, 0) is 75.5 Å². The van der Waals surface area contributed by atoms with Crippen LogP contribution in [0.3, 0.4) is 0 Å². The number of hydrogen-bond acceptors (Lipinski definition) is 5. The summed E-state index contributed by atoms with van der Waals surface area (Å²) in [4.78, 5) is 38.9. The van der Waals surface area contributed by atoms with E-state index in [1.807, 2.05) is 6.92 Å². The molecule has 206 valence electrons. The van der Waals surface area contributed by atoms with E-state index in [-0.39, 0.29) is 23.5 Å². The molecule has 1 saturated carbocycles. The van der Waals surface area contributed by atoms with E-state index in [0.29, 0.717) is 28.8 Å². The molecular formula is C31H38N4O4. The molecule has 2 aromatic rings. The molecule has 1 heterocycles. The average molecular weight is 531 g/mol. The van der Waals surface area contributed by atoms with Gasteiger partial charge in [0.15, 0.2) is 0 Å². The summed E-state index contributed by atoms with van der Waals surface area (Å²) in [5.74, 6) is 5.39. The van der Waals surface area contributed by atoms with Crippen LogP contribution in [-0.2, 0) is 4.79 Å². The molecule has 8 heteroatoms. The van der Waals surface area contributed by atoms with Crippen LogP contribution in [0, 0.1) is 22.0 Å². The van der Waals surface area contributed by atoms with Crippen LogP contribution in [0.5, 0.6) is 0 Å². The zero-order valence-electron chi connectivity index (χ0n) is 22.7. The number of rotatable bonds is 8. The van der Waals surface area contributed by atoms with E-state index in [1.54, 1.807) is 30.3 Å². The molecule has 1 aliphatic carbocycles. The van der Waals surface area contributed by atoms with Crippen molar-refractivity contribution in [2.75, 3.05) is 26.2 Å². The lowest BCUT2D eigenvalue weighted by Gasteiger charge is -2.26. The second-order valence-electron chi connectivity index (χ2n) is 10.6. The molecule has 2 fully saturated rings. The maximum atomic E-state index is 13.0. The van der Waals surface area contributed by atoms with Gasteiger partial charge in [-0.25, -0.2) is 0 Å². The zero-order chi connectivity index (χ0) is 27.6. The van der Waals surface area contributed by atoms with Crippen molar-refractivity contribution in [3.63, 3.8) is 0 Å². The summed E-state index contributed by atoms with van der Waals surface area (Å²) in [5.41, 5.74) is 2.28. The third kappa shape index (κ3) is 8.14. The number of piperidine rings is 1. The first kappa shape index (κ1) is 28.3. The quantitative estimate of drug-likeness (QED) is 0.291. The number of likely N-dealkylation sites (tertiary alicyclic amines) is 1. The van der Waals surface area contributed by atoms with Crippen molar-refractivity contribution >= 4 is 17.5 Å². The predicted molar refractivity (Wildman–Crippen MR) is 152 cm³/mol. The number of benzene rings is 2. The van der Waals surface area contributed by atoms with Crippen molar-refractivity contribution in [3.8, 4) is 11.8 Å². The fourth-order valence-electron chi connectivity index (χ4n) is 5.32. The van der Waals surface area contributed by atoms with E-state index in [2.05, 4.69) is 27.4 Å². The standard InChI is InChI=1S/C31H38N4O4/c1-23(30(36)33-27-8-4-2-5-9-27)29-17-16-28(35(38)39)22-26(29)15-12-24-10-13-25(14-11-24)31(37)32-18-21-34-19-6-3-7-20-34/h10-11,13-14,16-17,22-23,27H,2-9,18-21H2,1H3,(H,32,37)(H,33,36). The molecular weight excluding hydrogens is 492 g/mol. The summed E-state index contributed by atoms with van der Waals surface area (Å²) < 4.78 is 0. The fourth-order valence-corrected chi connectivity index (χ4v) is 5.32. The third-order valence-corrected chi connectivity index (χ3v) is 7.71. The molecule has 39 heavy (non-hydrogen) atoms. The number of carbonyl (C=O) groups is 2. The number of nitro groups is 1. The van der Waals surface area contributed by atoms with Gasteiger partial charge in [0.1, 0.15) is 0 Å². The van der Waals surface area contributed by atoms with Gasteiger partial charge in [-0.3, -0.25) is 19.7 Å². The first-order chi connectivity index (χ1) is 18.9. The van der Waals surface area contributed by atoms with Crippen molar-refractivity contribution in [3.05, 3.63) is 74.8 Å². The smallest absolute Gasteiger partial charge is 0.270 e. The van der Waals surface area contributed by atoms with Gasteiger partial charge in [-0.1, -0.05) is 43.6 Å².